The number of rotatable bonds is 4. The summed E-state index contributed by atoms with van der Waals surface area (Å²) in [5.41, 5.74) is 1.55. The number of carbonyl (C=O) groups is 1. The van der Waals surface area contributed by atoms with E-state index in [2.05, 4.69) is 30.4 Å². The molecule has 0 aliphatic carbocycles. The van der Waals surface area contributed by atoms with E-state index in [1.807, 2.05) is 16.7 Å². The number of pyridine rings is 1. The normalized spacial score (nSPS) is 13.6. The molecule has 3 aromatic heterocycles. The maximum absolute atomic E-state index is 12.0. The second-order valence-electron chi connectivity index (χ2n) is 6.02. The minimum Gasteiger partial charge on any atom is -0.332 e. The van der Waals surface area contributed by atoms with E-state index in [-0.39, 0.29) is 6.03 Å². The van der Waals surface area contributed by atoms with Gasteiger partial charge in [0.1, 0.15) is 11.5 Å². The summed E-state index contributed by atoms with van der Waals surface area (Å²) in [6.45, 7) is 1.62. The highest BCUT2D eigenvalue weighted by Crippen LogP contribution is 2.14. The van der Waals surface area contributed by atoms with Crippen LogP contribution in [0.15, 0.2) is 24.5 Å². The summed E-state index contributed by atoms with van der Waals surface area (Å²) in [6, 6.07) is 3.36. The summed E-state index contributed by atoms with van der Waals surface area (Å²) in [6.07, 6.45) is 6.85. The molecule has 2 N–H and O–H groups in total. The zero-order valence-electron chi connectivity index (χ0n) is 13.6. The number of hydrogen-bond donors (Lipinski definition) is 2. The van der Waals surface area contributed by atoms with Crippen LogP contribution in [0.5, 0.6) is 0 Å². The van der Waals surface area contributed by atoms with Crippen molar-refractivity contribution in [2.45, 2.75) is 38.9 Å². The van der Waals surface area contributed by atoms with Crippen LogP contribution in [0.3, 0.4) is 0 Å². The molecule has 0 aromatic carbocycles. The first-order valence-corrected chi connectivity index (χ1v) is 8.62. The lowest BCUT2D eigenvalue weighted by Gasteiger charge is -2.14. The summed E-state index contributed by atoms with van der Waals surface area (Å²) in [7, 11) is 0. The average molecular weight is 360 g/mol. The zero-order valence-corrected chi connectivity index (χ0v) is 14.3. The summed E-state index contributed by atoms with van der Waals surface area (Å²) < 4.78 is 3.93. The van der Waals surface area contributed by atoms with E-state index < -0.39 is 0 Å². The van der Waals surface area contributed by atoms with Crippen LogP contribution in [0, 0.1) is 0 Å². The zero-order chi connectivity index (χ0) is 17.2. The topological polar surface area (TPSA) is 89.1 Å². The van der Waals surface area contributed by atoms with Gasteiger partial charge in [0.15, 0.2) is 5.82 Å². The quantitative estimate of drug-likeness (QED) is 0.744. The highest BCUT2D eigenvalue weighted by molar-refractivity contribution is 6.30. The Balaban J connectivity index is 1.32. The van der Waals surface area contributed by atoms with Gasteiger partial charge < -0.3 is 19.6 Å². The maximum atomic E-state index is 12.0. The maximum Gasteiger partial charge on any atom is 0.315 e. The highest BCUT2D eigenvalue weighted by atomic mass is 35.5. The molecule has 1 aliphatic rings. The van der Waals surface area contributed by atoms with E-state index in [1.165, 1.54) is 0 Å². The second kappa shape index (κ2) is 6.72. The molecule has 0 saturated heterocycles. The molecule has 9 heteroatoms. The van der Waals surface area contributed by atoms with Gasteiger partial charge in [-0.25, -0.2) is 9.78 Å². The van der Waals surface area contributed by atoms with Gasteiger partial charge in [0.05, 0.1) is 23.8 Å². The highest BCUT2D eigenvalue weighted by Gasteiger charge is 2.16. The lowest BCUT2D eigenvalue weighted by Crippen LogP contribution is -2.35. The van der Waals surface area contributed by atoms with Gasteiger partial charge in [0.2, 0.25) is 0 Å². The number of fused-ring (bicyclic) bond motifs is 2. The van der Waals surface area contributed by atoms with Crippen molar-refractivity contribution in [1.82, 2.24) is 34.8 Å². The van der Waals surface area contributed by atoms with Gasteiger partial charge in [-0.3, -0.25) is 0 Å². The van der Waals surface area contributed by atoms with E-state index in [4.69, 9.17) is 11.6 Å². The Morgan fingerprint density at radius 2 is 2.04 bits per heavy atom. The molecule has 4 rings (SSSR count). The predicted molar refractivity (Wildman–Crippen MR) is 92.2 cm³/mol. The number of urea groups is 1. The van der Waals surface area contributed by atoms with Crippen LogP contribution in [0.1, 0.15) is 30.2 Å². The van der Waals surface area contributed by atoms with Crippen molar-refractivity contribution in [3.8, 4) is 0 Å². The van der Waals surface area contributed by atoms with Gasteiger partial charge >= 0.3 is 6.03 Å². The molecule has 0 atom stereocenters. The fourth-order valence-corrected chi connectivity index (χ4v) is 3.16. The summed E-state index contributed by atoms with van der Waals surface area (Å²) in [5.74, 6) is 1.80. The van der Waals surface area contributed by atoms with Gasteiger partial charge in [-0.15, -0.1) is 10.2 Å². The molecule has 2 amide bonds. The van der Waals surface area contributed by atoms with Gasteiger partial charge in [-0.1, -0.05) is 11.6 Å². The number of amides is 2. The lowest BCUT2D eigenvalue weighted by molar-refractivity contribution is 0.239. The fourth-order valence-electron chi connectivity index (χ4n) is 2.99. The van der Waals surface area contributed by atoms with Crippen molar-refractivity contribution in [2.24, 2.45) is 0 Å². The van der Waals surface area contributed by atoms with Crippen LogP contribution < -0.4 is 10.6 Å². The predicted octanol–water partition coefficient (Wildman–Crippen LogP) is 1.91. The molecular weight excluding hydrogens is 342 g/mol. The van der Waals surface area contributed by atoms with Crippen molar-refractivity contribution in [3.05, 3.63) is 46.9 Å². The second-order valence-corrected chi connectivity index (χ2v) is 6.46. The van der Waals surface area contributed by atoms with Crippen LogP contribution in [-0.2, 0) is 26.1 Å². The number of aryl methyl sites for hydroxylation is 1. The Morgan fingerprint density at radius 3 is 2.96 bits per heavy atom. The molecule has 0 fully saturated rings. The summed E-state index contributed by atoms with van der Waals surface area (Å²) >= 11 is 5.95. The molecule has 0 unspecified atom stereocenters. The lowest BCUT2D eigenvalue weighted by atomic mass is 10.2. The number of imidazole rings is 1. The first-order valence-electron chi connectivity index (χ1n) is 8.25. The van der Waals surface area contributed by atoms with Crippen molar-refractivity contribution < 1.29 is 4.79 Å². The number of hydrogen-bond acceptors (Lipinski definition) is 4. The summed E-state index contributed by atoms with van der Waals surface area (Å²) in [5, 5.41) is 14.6. The van der Waals surface area contributed by atoms with Crippen molar-refractivity contribution in [3.63, 3.8) is 0 Å². The Kier molecular flexibility index (Phi) is 4.27. The molecule has 0 saturated carbocycles. The summed E-state index contributed by atoms with van der Waals surface area (Å²) in [4.78, 5) is 16.4. The minimum atomic E-state index is -0.261. The Morgan fingerprint density at radius 1 is 1.16 bits per heavy atom. The molecule has 1 aliphatic heterocycles. The minimum absolute atomic E-state index is 0.261. The molecule has 130 valence electrons. The van der Waals surface area contributed by atoms with E-state index in [1.54, 1.807) is 12.3 Å². The van der Waals surface area contributed by atoms with Gasteiger partial charge in [-0.2, -0.15) is 0 Å². The van der Waals surface area contributed by atoms with Gasteiger partial charge in [-0.05, 0) is 25.0 Å². The van der Waals surface area contributed by atoms with E-state index >= 15 is 0 Å². The van der Waals surface area contributed by atoms with Crippen LogP contribution in [0.25, 0.3) is 5.65 Å². The Bertz CT molecular complexity index is 916. The van der Waals surface area contributed by atoms with Crippen molar-refractivity contribution in [2.75, 3.05) is 0 Å². The molecule has 0 radical (unpaired) electrons. The monoisotopic (exact) mass is 359 g/mol. The van der Waals surface area contributed by atoms with Crippen LogP contribution >= 0.6 is 11.6 Å². The fraction of sp³-hybridized carbons (Fsp3) is 0.375. The smallest absolute Gasteiger partial charge is 0.315 e. The molecule has 4 heterocycles. The number of aromatic nitrogens is 5. The molecule has 8 nitrogen and oxygen atoms in total. The average Bonchev–Trinajstić information content (AvgIpc) is 3.21. The van der Waals surface area contributed by atoms with E-state index in [0.717, 1.165) is 48.8 Å². The van der Waals surface area contributed by atoms with Gasteiger partial charge in [0, 0.05) is 25.4 Å². The van der Waals surface area contributed by atoms with Crippen molar-refractivity contribution >= 4 is 23.3 Å². The van der Waals surface area contributed by atoms with E-state index in [9.17, 15) is 4.79 Å². The molecule has 3 aromatic rings. The molecule has 0 bridgehead atoms. The SMILES string of the molecule is O=C(NCc1cn2cc(Cl)ccc2n1)NCc1nnc2n1CCCC2. The first-order chi connectivity index (χ1) is 12.2. The number of nitrogens with zero attached hydrogens (tertiary/aromatic N) is 5. The molecular formula is C16H18ClN7O. The van der Waals surface area contributed by atoms with Crippen molar-refractivity contribution in [1.29, 1.82) is 0 Å². The largest absolute Gasteiger partial charge is 0.332 e. The third-order valence-electron chi connectivity index (χ3n) is 4.24. The number of nitrogens with one attached hydrogen (secondary N) is 2. The Labute approximate surface area is 149 Å². The molecule has 0 spiro atoms. The standard InChI is InChI=1S/C16H18ClN7O/c17-11-4-5-13-20-12(10-23(13)9-11)7-18-16(25)19-8-15-22-21-14-3-1-2-6-24(14)15/h4-5,9-10H,1-3,6-8H2,(H2,18,19,25). The Hall–Kier alpha value is -2.61. The molecule has 25 heavy (non-hydrogen) atoms. The van der Waals surface area contributed by atoms with Crippen LogP contribution in [0.2, 0.25) is 5.02 Å². The first kappa shape index (κ1) is 15.9. The van der Waals surface area contributed by atoms with E-state index in [0.29, 0.717) is 18.1 Å². The van der Waals surface area contributed by atoms with Gasteiger partial charge in [0.25, 0.3) is 0 Å². The van der Waals surface area contributed by atoms with Crippen LogP contribution in [0.4, 0.5) is 4.79 Å². The number of carbonyl (C=O) groups excluding carboxylic acids is 1. The number of halogens is 1. The third kappa shape index (κ3) is 3.43. The third-order valence-corrected chi connectivity index (χ3v) is 4.46. The van der Waals surface area contributed by atoms with Crippen LogP contribution in [-0.4, -0.2) is 30.2 Å².